The van der Waals surface area contributed by atoms with Gasteiger partial charge in [-0.15, -0.1) is 0 Å². The molecule has 0 aromatic heterocycles. The van der Waals surface area contributed by atoms with Crippen LogP contribution in [0.25, 0.3) is 0 Å². The molecule has 150 valence electrons. The molecule has 1 saturated heterocycles. The predicted octanol–water partition coefficient (Wildman–Crippen LogP) is 4.61. The van der Waals surface area contributed by atoms with Crippen molar-refractivity contribution >= 4 is 27.3 Å². The molecule has 1 heterocycles. The molecule has 0 radical (unpaired) electrons. The quantitative estimate of drug-likeness (QED) is 0.815. The van der Waals surface area contributed by atoms with Crippen molar-refractivity contribution in [3.63, 3.8) is 0 Å². The third-order valence-corrected chi connectivity index (χ3v) is 6.49. The van der Waals surface area contributed by atoms with Crippen LogP contribution in [-0.2, 0) is 20.2 Å². The highest BCUT2D eigenvalue weighted by Crippen LogP contribution is 2.29. The van der Waals surface area contributed by atoms with Crippen LogP contribution in [0.15, 0.2) is 47.4 Å². The molecule has 0 saturated carbocycles. The molecule has 1 fully saturated rings. The van der Waals surface area contributed by atoms with E-state index in [2.05, 4.69) is 25.5 Å². The maximum absolute atomic E-state index is 12.7. The number of piperidine rings is 1. The number of sulfonamides is 1. The van der Waals surface area contributed by atoms with E-state index >= 15 is 0 Å². The second-order valence-electron chi connectivity index (χ2n) is 8.38. The van der Waals surface area contributed by atoms with Crippen LogP contribution in [0.3, 0.4) is 0 Å². The van der Waals surface area contributed by atoms with Crippen LogP contribution >= 0.6 is 0 Å². The molecule has 2 aromatic rings. The lowest BCUT2D eigenvalue weighted by Crippen LogP contribution is -2.35. The van der Waals surface area contributed by atoms with E-state index < -0.39 is 10.0 Å². The summed E-state index contributed by atoms with van der Waals surface area (Å²) >= 11 is 0. The minimum absolute atomic E-state index is 0.0332. The number of benzene rings is 2. The van der Waals surface area contributed by atoms with Crippen LogP contribution < -0.4 is 9.62 Å². The fourth-order valence-electron chi connectivity index (χ4n) is 3.43. The Labute approximate surface area is 167 Å². The zero-order valence-electron chi connectivity index (χ0n) is 17.0. The Hall–Kier alpha value is -2.34. The Morgan fingerprint density at radius 2 is 1.68 bits per heavy atom. The molecule has 1 amide bonds. The van der Waals surface area contributed by atoms with Gasteiger partial charge in [0.05, 0.1) is 4.90 Å². The first-order valence-electron chi connectivity index (χ1n) is 9.62. The number of aryl methyl sites for hydroxylation is 1. The van der Waals surface area contributed by atoms with Crippen LogP contribution in [-0.4, -0.2) is 20.9 Å². The molecular weight excluding hydrogens is 372 g/mol. The average Bonchev–Trinajstić information content (AvgIpc) is 2.62. The molecule has 0 atom stereocenters. The topological polar surface area (TPSA) is 66.5 Å². The van der Waals surface area contributed by atoms with Crippen molar-refractivity contribution in [1.29, 1.82) is 0 Å². The number of hydrogen-bond donors (Lipinski definition) is 1. The van der Waals surface area contributed by atoms with Gasteiger partial charge in [-0.2, -0.15) is 0 Å². The van der Waals surface area contributed by atoms with E-state index in [4.69, 9.17) is 0 Å². The van der Waals surface area contributed by atoms with Crippen LogP contribution in [0.2, 0.25) is 0 Å². The molecular formula is C22H28N2O3S. The number of rotatable bonds is 4. The van der Waals surface area contributed by atoms with Gasteiger partial charge in [-0.05, 0) is 66.6 Å². The van der Waals surface area contributed by atoms with Gasteiger partial charge < -0.3 is 4.90 Å². The largest absolute Gasteiger partial charge is 0.312 e. The summed E-state index contributed by atoms with van der Waals surface area (Å²) in [6.45, 7) is 8.88. The number of carbonyl (C=O) groups excluding carboxylic acids is 1. The van der Waals surface area contributed by atoms with Gasteiger partial charge in [-0.3, -0.25) is 9.52 Å². The van der Waals surface area contributed by atoms with Crippen LogP contribution in [0.5, 0.6) is 0 Å². The zero-order chi connectivity index (χ0) is 20.5. The second kappa shape index (κ2) is 7.59. The molecule has 6 heteroatoms. The molecule has 1 aliphatic rings. The van der Waals surface area contributed by atoms with Crippen molar-refractivity contribution in [3.05, 3.63) is 53.6 Å². The lowest BCUT2D eigenvalue weighted by atomic mass is 9.87. The Morgan fingerprint density at radius 1 is 1.00 bits per heavy atom. The maximum atomic E-state index is 12.7. The number of nitrogens with one attached hydrogen (secondary N) is 1. The summed E-state index contributed by atoms with van der Waals surface area (Å²) in [5, 5.41) is 0. The number of carbonyl (C=O) groups is 1. The zero-order valence-corrected chi connectivity index (χ0v) is 17.8. The summed E-state index contributed by atoms with van der Waals surface area (Å²) in [5.41, 5.74) is 3.26. The summed E-state index contributed by atoms with van der Waals surface area (Å²) in [7, 11) is -3.67. The highest BCUT2D eigenvalue weighted by Gasteiger charge is 2.22. The average molecular weight is 401 g/mol. The summed E-state index contributed by atoms with van der Waals surface area (Å²) in [6, 6.07) is 12.3. The van der Waals surface area contributed by atoms with Crippen LogP contribution in [0.1, 0.15) is 51.2 Å². The summed E-state index contributed by atoms with van der Waals surface area (Å²) in [4.78, 5) is 14.2. The Morgan fingerprint density at radius 3 is 2.25 bits per heavy atom. The third kappa shape index (κ3) is 4.38. The second-order valence-corrected chi connectivity index (χ2v) is 10.1. The molecule has 1 N–H and O–H groups in total. The summed E-state index contributed by atoms with van der Waals surface area (Å²) in [6.07, 6.45) is 2.49. The first-order chi connectivity index (χ1) is 13.1. The van der Waals surface area contributed by atoms with Crippen molar-refractivity contribution in [3.8, 4) is 0 Å². The Kier molecular flexibility index (Phi) is 5.53. The molecule has 0 spiro atoms. The highest BCUT2D eigenvalue weighted by atomic mass is 32.2. The minimum Gasteiger partial charge on any atom is -0.312 e. The van der Waals surface area contributed by atoms with E-state index in [0.717, 1.165) is 29.7 Å². The van der Waals surface area contributed by atoms with Crippen LogP contribution in [0, 0.1) is 6.92 Å². The molecule has 5 nitrogen and oxygen atoms in total. The fraction of sp³-hybridized carbons (Fsp3) is 0.409. The fourth-order valence-corrected chi connectivity index (χ4v) is 4.48. The molecule has 0 unspecified atom stereocenters. The Balaban J connectivity index is 1.81. The Bertz CT molecular complexity index is 974. The first-order valence-corrected chi connectivity index (χ1v) is 11.1. The van der Waals surface area contributed by atoms with Crippen LogP contribution in [0.4, 0.5) is 11.4 Å². The molecule has 2 aromatic carbocycles. The van der Waals surface area contributed by atoms with Gasteiger partial charge in [0, 0.05) is 24.3 Å². The van der Waals surface area contributed by atoms with Gasteiger partial charge in [0.25, 0.3) is 10.0 Å². The summed E-state index contributed by atoms with van der Waals surface area (Å²) < 4.78 is 28.1. The standard InChI is InChI=1S/C22H28N2O3S/c1-16-15-18(10-13-20(16)24-14-6-5-7-21(24)25)23-28(26,27)19-11-8-17(9-12-19)22(2,3)4/h8-13,15,23H,5-7,14H2,1-4H3. The SMILES string of the molecule is Cc1cc(NS(=O)(=O)c2ccc(C(C)(C)C)cc2)ccc1N1CCCCC1=O. The van der Waals surface area contributed by atoms with Gasteiger partial charge in [-0.1, -0.05) is 32.9 Å². The normalized spacial score (nSPS) is 15.6. The van der Waals surface area contributed by atoms with Crippen molar-refractivity contribution in [1.82, 2.24) is 0 Å². The number of hydrogen-bond acceptors (Lipinski definition) is 3. The first kappa shape index (κ1) is 20.4. The van der Waals surface area contributed by atoms with E-state index in [9.17, 15) is 13.2 Å². The smallest absolute Gasteiger partial charge is 0.261 e. The van der Waals surface area contributed by atoms with E-state index in [1.807, 2.05) is 25.1 Å². The van der Waals surface area contributed by atoms with Gasteiger partial charge in [0.2, 0.25) is 5.91 Å². The van der Waals surface area contributed by atoms with Gasteiger partial charge in [0.15, 0.2) is 0 Å². The minimum atomic E-state index is -3.67. The van der Waals surface area contributed by atoms with E-state index in [1.54, 1.807) is 29.2 Å². The molecule has 3 rings (SSSR count). The van der Waals surface area contributed by atoms with E-state index in [-0.39, 0.29) is 16.2 Å². The molecule has 0 aliphatic carbocycles. The predicted molar refractivity (Wildman–Crippen MR) is 113 cm³/mol. The monoisotopic (exact) mass is 400 g/mol. The van der Waals surface area contributed by atoms with Crippen molar-refractivity contribution < 1.29 is 13.2 Å². The van der Waals surface area contributed by atoms with Crippen molar-refractivity contribution in [2.75, 3.05) is 16.2 Å². The number of anilines is 2. The van der Waals surface area contributed by atoms with Crippen molar-refractivity contribution in [2.45, 2.75) is 57.3 Å². The lowest BCUT2D eigenvalue weighted by Gasteiger charge is -2.28. The third-order valence-electron chi connectivity index (χ3n) is 5.09. The van der Waals surface area contributed by atoms with Gasteiger partial charge >= 0.3 is 0 Å². The molecule has 0 bridgehead atoms. The van der Waals surface area contributed by atoms with Gasteiger partial charge in [-0.25, -0.2) is 8.42 Å². The highest BCUT2D eigenvalue weighted by molar-refractivity contribution is 7.92. The molecule has 1 aliphatic heterocycles. The number of amides is 1. The lowest BCUT2D eigenvalue weighted by molar-refractivity contribution is -0.119. The summed E-state index contributed by atoms with van der Waals surface area (Å²) in [5.74, 6) is 0.126. The number of nitrogens with zero attached hydrogens (tertiary/aromatic N) is 1. The molecule has 28 heavy (non-hydrogen) atoms. The maximum Gasteiger partial charge on any atom is 0.261 e. The van der Waals surface area contributed by atoms with Crippen molar-refractivity contribution in [2.24, 2.45) is 0 Å². The van der Waals surface area contributed by atoms with Gasteiger partial charge in [0.1, 0.15) is 0 Å². The van der Waals surface area contributed by atoms with E-state index in [0.29, 0.717) is 18.7 Å². The van der Waals surface area contributed by atoms with E-state index in [1.165, 1.54) is 0 Å².